The minimum absolute atomic E-state index is 0.313. The highest BCUT2D eigenvalue weighted by Crippen LogP contribution is 2.37. The van der Waals surface area contributed by atoms with Crippen molar-refractivity contribution in [1.29, 1.82) is 0 Å². The van der Waals surface area contributed by atoms with E-state index in [1.54, 1.807) is 0 Å². The molecule has 0 nitrogen and oxygen atoms in total. The first kappa shape index (κ1) is 23.1. The molecule has 0 heterocycles. The third-order valence-corrected chi connectivity index (χ3v) is 6.48. The molecule has 0 fully saturated rings. The van der Waals surface area contributed by atoms with E-state index >= 15 is 0 Å². The first-order valence-corrected chi connectivity index (χ1v) is 9.75. The van der Waals surface area contributed by atoms with Gasteiger partial charge in [-0.05, 0) is 72.8 Å². The molecule has 0 amide bonds. The van der Waals surface area contributed by atoms with E-state index in [1.165, 1.54) is 36.4 Å². The fourth-order valence-corrected chi connectivity index (χ4v) is 4.79. The third kappa shape index (κ3) is 5.36. The Bertz CT molecular complexity index is 877. The number of rotatable bonds is 3. The van der Waals surface area contributed by atoms with E-state index in [9.17, 15) is 39.5 Å². The van der Waals surface area contributed by atoms with Gasteiger partial charge in [-0.15, -0.1) is 0 Å². The van der Waals surface area contributed by atoms with Crippen LogP contribution >= 0.6 is 0 Å². The van der Waals surface area contributed by atoms with Gasteiger partial charge >= 0.3 is 18.5 Å². The van der Waals surface area contributed by atoms with Crippen molar-refractivity contribution in [2.24, 2.45) is 0 Å². The largest absolute Gasteiger partial charge is 0.416 e. The molecule has 0 aliphatic heterocycles. The van der Waals surface area contributed by atoms with Gasteiger partial charge in [-0.25, -0.2) is 0 Å². The molecule has 0 N–H and O–H groups in total. The fraction of sp³-hybridized carbons (Fsp3) is 0.143. The smallest absolute Gasteiger partial charge is 0.166 e. The van der Waals surface area contributed by atoms with Gasteiger partial charge in [0, 0.05) is 0 Å². The summed E-state index contributed by atoms with van der Waals surface area (Å²) in [6, 6.07) is 11.9. The Labute approximate surface area is 173 Å². The molecule has 3 aromatic carbocycles. The first-order valence-electron chi connectivity index (χ1n) is 8.53. The van der Waals surface area contributed by atoms with Crippen LogP contribution in [-0.2, 0) is 29.4 Å². The van der Waals surface area contributed by atoms with Crippen molar-refractivity contribution in [3.05, 3.63) is 89.5 Å². The van der Waals surface area contributed by atoms with Crippen molar-refractivity contribution in [2.45, 2.75) is 33.2 Å². The predicted molar refractivity (Wildman–Crippen MR) is 96.5 cm³/mol. The van der Waals surface area contributed by atoms with Gasteiger partial charge in [-0.3, -0.25) is 0 Å². The monoisotopic (exact) mass is 467 g/mol. The van der Waals surface area contributed by atoms with Crippen LogP contribution in [0.3, 0.4) is 0 Å². The molecule has 0 bridgehead atoms. The molecule has 0 atom stereocenters. The lowest BCUT2D eigenvalue weighted by Gasteiger charge is -2.12. The van der Waals surface area contributed by atoms with Crippen LogP contribution in [0.1, 0.15) is 16.7 Å². The average molecular weight is 467 g/mol. The highest BCUT2D eigenvalue weighted by molar-refractivity contribution is 7.97. The lowest BCUT2D eigenvalue weighted by Crippen LogP contribution is -2.10. The van der Waals surface area contributed by atoms with Crippen molar-refractivity contribution >= 4 is 10.9 Å². The molecule has 164 valence electrons. The summed E-state index contributed by atoms with van der Waals surface area (Å²) in [5.74, 6) is 0. The van der Waals surface area contributed by atoms with Crippen LogP contribution in [0.25, 0.3) is 0 Å². The minimum atomic E-state index is -4.58. The van der Waals surface area contributed by atoms with Gasteiger partial charge in [-0.2, -0.15) is 39.5 Å². The summed E-state index contributed by atoms with van der Waals surface area (Å²) in [6.45, 7) is 0. The molecule has 0 saturated heterocycles. The zero-order chi connectivity index (χ0) is 23.0. The number of alkyl halides is 9. The molecule has 0 aromatic heterocycles. The molecular weight excluding hydrogens is 455 g/mol. The van der Waals surface area contributed by atoms with Crippen LogP contribution in [0.15, 0.2) is 87.5 Å². The Morgan fingerprint density at radius 3 is 0.710 bits per heavy atom. The summed E-state index contributed by atoms with van der Waals surface area (Å²) < 4.78 is 116. The van der Waals surface area contributed by atoms with Gasteiger partial charge in [0.15, 0.2) is 14.7 Å². The van der Waals surface area contributed by atoms with Gasteiger partial charge in [0.25, 0.3) is 0 Å². The zero-order valence-electron chi connectivity index (χ0n) is 15.2. The third-order valence-electron chi connectivity index (χ3n) is 4.25. The van der Waals surface area contributed by atoms with Crippen molar-refractivity contribution < 1.29 is 39.5 Å². The van der Waals surface area contributed by atoms with Crippen LogP contribution in [0.4, 0.5) is 39.5 Å². The van der Waals surface area contributed by atoms with E-state index in [1.807, 2.05) is 0 Å². The number of benzene rings is 3. The molecule has 0 radical (unpaired) electrons. The van der Waals surface area contributed by atoms with Crippen LogP contribution in [0, 0.1) is 0 Å². The fourth-order valence-electron chi connectivity index (χ4n) is 2.75. The summed E-state index contributed by atoms with van der Waals surface area (Å²) >= 11 is 0. The number of hydrogen-bond donors (Lipinski definition) is 0. The normalized spacial score (nSPS) is 13.0. The topological polar surface area (TPSA) is 0 Å². The standard InChI is InChI=1S/C21H12F9S/c22-19(23,24)13-1-7-16(8-2-13)31(17-9-3-14(4-10-17)20(25,26)27)18-11-5-15(6-12-18)21(28,29)30/h1-12H/q+1. The second kappa shape index (κ2) is 8.14. The van der Waals surface area contributed by atoms with Crippen molar-refractivity contribution in [2.75, 3.05) is 0 Å². The van der Waals surface area contributed by atoms with Gasteiger partial charge in [0.2, 0.25) is 0 Å². The maximum absolute atomic E-state index is 12.9. The average Bonchev–Trinajstić information content (AvgIpc) is 2.67. The number of halogens is 9. The number of hydrogen-bond acceptors (Lipinski definition) is 0. The lowest BCUT2D eigenvalue weighted by molar-refractivity contribution is -0.138. The van der Waals surface area contributed by atoms with E-state index in [0.717, 1.165) is 36.4 Å². The Balaban J connectivity index is 2.08. The Morgan fingerprint density at radius 1 is 0.355 bits per heavy atom. The molecule has 10 heteroatoms. The summed E-state index contributed by atoms with van der Waals surface area (Å²) in [4.78, 5) is 0.938. The van der Waals surface area contributed by atoms with E-state index in [0.29, 0.717) is 14.7 Å². The second-order valence-electron chi connectivity index (χ2n) is 6.37. The van der Waals surface area contributed by atoms with Gasteiger partial charge in [0.1, 0.15) is 0 Å². The maximum Gasteiger partial charge on any atom is 0.416 e. The Hall–Kier alpha value is -2.62. The van der Waals surface area contributed by atoms with Gasteiger partial charge in [0.05, 0.1) is 27.6 Å². The highest BCUT2D eigenvalue weighted by atomic mass is 32.2. The highest BCUT2D eigenvalue weighted by Gasteiger charge is 2.36. The first-order chi connectivity index (χ1) is 14.3. The molecule has 0 unspecified atom stereocenters. The van der Waals surface area contributed by atoms with E-state index < -0.39 is 46.1 Å². The summed E-state index contributed by atoms with van der Waals surface area (Å²) in [6.07, 6.45) is -13.8. The molecule has 0 aliphatic rings. The SMILES string of the molecule is FC(F)(F)c1ccc([S+](c2ccc(C(F)(F)F)cc2)c2ccc(C(F)(F)F)cc2)cc1. The lowest BCUT2D eigenvalue weighted by atomic mass is 10.2. The molecule has 3 rings (SSSR count). The second-order valence-corrected chi connectivity index (χ2v) is 8.40. The quantitative estimate of drug-likeness (QED) is 0.272. The van der Waals surface area contributed by atoms with Crippen LogP contribution in [-0.4, -0.2) is 0 Å². The van der Waals surface area contributed by atoms with Crippen LogP contribution < -0.4 is 0 Å². The Kier molecular flexibility index (Phi) is 6.05. The van der Waals surface area contributed by atoms with Crippen molar-refractivity contribution in [1.82, 2.24) is 0 Å². The Morgan fingerprint density at radius 2 is 0.548 bits per heavy atom. The molecule has 0 spiro atoms. The van der Waals surface area contributed by atoms with Crippen molar-refractivity contribution in [3.63, 3.8) is 0 Å². The molecule has 3 aromatic rings. The zero-order valence-corrected chi connectivity index (χ0v) is 16.1. The van der Waals surface area contributed by atoms with E-state index in [2.05, 4.69) is 0 Å². The summed E-state index contributed by atoms with van der Waals surface area (Å²) in [5, 5.41) is 0. The van der Waals surface area contributed by atoms with Gasteiger partial charge in [-0.1, -0.05) is 0 Å². The van der Waals surface area contributed by atoms with E-state index in [-0.39, 0.29) is 0 Å². The molecule has 0 aliphatic carbocycles. The maximum atomic E-state index is 12.9. The van der Waals surface area contributed by atoms with Crippen LogP contribution in [0.2, 0.25) is 0 Å². The predicted octanol–water partition coefficient (Wildman–Crippen LogP) is 7.84. The summed E-state index contributed by atoms with van der Waals surface area (Å²) in [5.41, 5.74) is -2.75. The van der Waals surface area contributed by atoms with E-state index in [4.69, 9.17) is 0 Å². The molecular formula is C21H12F9S+. The summed E-state index contributed by atoms with van der Waals surface area (Å²) in [7, 11) is -1.22. The van der Waals surface area contributed by atoms with Gasteiger partial charge < -0.3 is 0 Å². The molecule has 0 saturated carbocycles. The van der Waals surface area contributed by atoms with Crippen molar-refractivity contribution in [3.8, 4) is 0 Å². The van der Waals surface area contributed by atoms with Crippen LogP contribution in [0.5, 0.6) is 0 Å². The minimum Gasteiger partial charge on any atom is -0.166 e. The molecule has 31 heavy (non-hydrogen) atoms.